The maximum absolute atomic E-state index is 5.62. The Morgan fingerprint density at radius 1 is 1.00 bits per heavy atom. The Morgan fingerprint density at radius 2 is 1.54 bits per heavy atom. The molecule has 0 aromatic rings. The number of hydrogen-bond acceptors (Lipinski definition) is 2. The van der Waals surface area contributed by atoms with E-state index in [0.29, 0.717) is 18.8 Å². The van der Waals surface area contributed by atoms with E-state index in [-0.39, 0.29) is 5.60 Å². The molecular formula is C11H24O2. The van der Waals surface area contributed by atoms with Crippen molar-refractivity contribution in [1.82, 2.24) is 0 Å². The SMILES string of the molecule is CCOCOC(C)(C)CC(C)(C)C. The van der Waals surface area contributed by atoms with Crippen LogP contribution < -0.4 is 0 Å². The maximum Gasteiger partial charge on any atom is 0.147 e. The van der Waals surface area contributed by atoms with Gasteiger partial charge in [0.15, 0.2) is 0 Å². The fourth-order valence-electron chi connectivity index (χ4n) is 1.61. The van der Waals surface area contributed by atoms with Crippen molar-refractivity contribution in [3.05, 3.63) is 0 Å². The van der Waals surface area contributed by atoms with Gasteiger partial charge in [-0.1, -0.05) is 20.8 Å². The molecule has 80 valence electrons. The van der Waals surface area contributed by atoms with Gasteiger partial charge in [0.1, 0.15) is 6.79 Å². The van der Waals surface area contributed by atoms with Crippen LogP contribution in [0.15, 0.2) is 0 Å². The first-order valence-electron chi connectivity index (χ1n) is 4.98. The third kappa shape index (κ3) is 8.26. The highest BCUT2D eigenvalue weighted by molar-refractivity contribution is 4.76. The van der Waals surface area contributed by atoms with Crippen LogP contribution in [0.3, 0.4) is 0 Å². The minimum absolute atomic E-state index is 0.0899. The van der Waals surface area contributed by atoms with Gasteiger partial charge in [0, 0.05) is 6.61 Å². The van der Waals surface area contributed by atoms with E-state index >= 15 is 0 Å². The van der Waals surface area contributed by atoms with E-state index in [9.17, 15) is 0 Å². The minimum Gasteiger partial charge on any atom is -0.356 e. The van der Waals surface area contributed by atoms with E-state index in [1.54, 1.807) is 0 Å². The quantitative estimate of drug-likeness (QED) is 0.487. The molecule has 2 heteroatoms. The topological polar surface area (TPSA) is 18.5 Å². The second-order valence-electron chi connectivity index (χ2n) is 5.25. The average molecular weight is 188 g/mol. The van der Waals surface area contributed by atoms with Crippen LogP contribution in [0, 0.1) is 5.41 Å². The van der Waals surface area contributed by atoms with Gasteiger partial charge in [-0.3, -0.25) is 0 Å². The second-order valence-corrected chi connectivity index (χ2v) is 5.25. The van der Waals surface area contributed by atoms with E-state index < -0.39 is 0 Å². The van der Waals surface area contributed by atoms with Gasteiger partial charge in [-0.05, 0) is 32.6 Å². The molecule has 0 rings (SSSR count). The fourth-order valence-corrected chi connectivity index (χ4v) is 1.61. The van der Waals surface area contributed by atoms with Gasteiger partial charge in [-0.15, -0.1) is 0 Å². The van der Waals surface area contributed by atoms with Crippen molar-refractivity contribution in [3.63, 3.8) is 0 Å². The largest absolute Gasteiger partial charge is 0.356 e. The summed E-state index contributed by atoms with van der Waals surface area (Å²) in [5.74, 6) is 0. The lowest BCUT2D eigenvalue weighted by atomic mass is 9.84. The molecule has 2 nitrogen and oxygen atoms in total. The zero-order valence-electron chi connectivity index (χ0n) is 9.94. The van der Waals surface area contributed by atoms with Crippen LogP contribution in [0.2, 0.25) is 0 Å². The van der Waals surface area contributed by atoms with Gasteiger partial charge in [0.25, 0.3) is 0 Å². The molecule has 0 aliphatic heterocycles. The zero-order chi connectivity index (χ0) is 10.5. The molecule has 0 amide bonds. The Morgan fingerprint density at radius 3 is 1.92 bits per heavy atom. The van der Waals surface area contributed by atoms with E-state index in [0.717, 1.165) is 6.42 Å². The Balaban J connectivity index is 3.80. The summed E-state index contributed by atoms with van der Waals surface area (Å²) in [6, 6.07) is 0. The fraction of sp³-hybridized carbons (Fsp3) is 1.00. The highest BCUT2D eigenvalue weighted by atomic mass is 16.7. The minimum atomic E-state index is -0.0899. The molecule has 0 aliphatic carbocycles. The van der Waals surface area contributed by atoms with Crippen molar-refractivity contribution in [2.75, 3.05) is 13.4 Å². The van der Waals surface area contributed by atoms with Gasteiger partial charge in [-0.2, -0.15) is 0 Å². The zero-order valence-corrected chi connectivity index (χ0v) is 9.94. The van der Waals surface area contributed by atoms with Crippen LogP contribution in [0.25, 0.3) is 0 Å². The van der Waals surface area contributed by atoms with Crippen molar-refractivity contribution in [1.29, 1.82) is 0 Å². The van der Waals surface area contributed by atoms with Crippen molar-refractivity contribution < 1.29 is 9.47 Å². The summed E-state index contributed by atoms with van der Waals surface area (Å²) >= 11 is 0. The molecule has 0 unspecified atom stereocenters. The summed E-state index contributed by atoms with van der Waals surface area (Å²) in [6.07, 6.45) is 1.03. The first-order valence-corrected chi connectivity index (χ1v) is 4.98. The van der Waals surface area contributed by atoms with Crippen molar-refractivity contribution in [2.24, 2.45) is 5.41 Å². The average Bonchev–Trinajstić information content (AvgIpc) is 1.81. The lowest BCUT2D eigenvalue weighted by molar-refractivity contribution is -0.136. The number of ether oxygens (including phenoxy) is 2. The molecule has 13 heavy (non-hydrogen) atoms. The monoisotopic (exact) mass is 188 g/mol. The predicted molar refractivity (Wildman–Crippen MR) is 55.7 cm³/mol. The van der Waals surface area contributed by atoms with E-state index in [1.165, 1.54) is 0 Å². The smallest absolute Gasteiger partial charge is 0.147 e. The summed E-state index contributed by atoms with van der Waals surface area (Å²) < 4.78 is 10.8. The third-order valence-electron chi connectivity index (χ3n) is 1.69. The standard InChI is InChI=1S/C11H24O2/c1-7-12-9-13-11(5,6)8-10(2,3)4/h7-9H2,1-6H3. The molecular weight excluding hydrogens is 164 g/mol. The number of rotatable bonds is 5. The molecule has 0 aliphatic rings. The molecule has 0 bridgehead atoms. The Hall–Kier alpha value is -0.0800. The van der Waals surface area contributed by atoms with E-state index in [4.69, 9.17) is 9.47 Å². The van der Waals surface area contributed by atoms with Crippen molar-refractivity contribution in [3.8, 4) is 0 Å². The highest BCUT2D eigenvalue weighted by Gasteiger charge is 2.25. The lowest BCUT2D eigenvalue weighted by Gasteiger charge is -2.32. The van der Waals surface area contributed by atoms with Gasteiger partial charge in [0.05, 0.1) is 5.60 Å². The normalized spacial score (nSPS) is 13.4. The van der Waals surface area contributed by atoms with Crippen LogP contribution >= 0.6 is 0 Å². The molecule has 0 N–H and O–H groups in total. The molecule has 0 heterocycles. The summed E-state index contributed by atoms with van der Waals surface area (Å²) in [7, 11) is 0. The molecule has 0 saturated heterocycles. The van der Waals surface area contributed by atoms with Crippen LogP contribution in [0.1, 0.15) is 48.0 Å². The predicted octanol–water partition coefficient (Wildman–Crippen LogP) is 3.21. The molecule has 0 fully saturated rings. The van der Waals surface area contributed by atoms with Gasteiger partial charge in [-0.25, -0.2) is 0 Å². The molecule has 0 aromatic heterocycles. The Bertz CT molecular complexity index is 134. The Kier molecular flexibility index (Phi) is 4.93. The highest BCUT2D eigenvalue weighted by Crippen LogP contribution is 2.29. The van der Waals surface area contributed by atoms with Gasteiger partial charge in [0.2, 0.25) is 0 Å². The summed E-state index contributed by atoms with van der Waals surface area (Å²) in [4.78, 5) is 0. The summed E-state index contributed by atoms with van der Waals surface area (Å²) in [6.45, 7) is 14.0. The number of hydrogen-bond donors (Lipinski definition) is 0. The van der Waals surface area contributed by atoms with Gasteiger partial charge < -0.3 is 9.47 Å². The van der Waals surface area contributed by atoms with Crippen LogP contribution in [0.5, 0.6) is 0 Å². The van der Waals surface area contributed by atoms with Crippen molar-refractivity contribution >= 4 is 0 Å². The van der Waals surface area contributed by atoms with Crippen LogP contribution in [-0.2, 0) is 9.47 Å². The molecule has 0 spiro atoms. The summed E-state index contributed by atoms with van der Waals surface area (Å²) in [5, 5.41) is 0. The van der Waals surface area contributed by atoms with Gasteiger partial charge >= 0.3 is 0 Å². The van der Waals surface area contributed by atoms with E-state index in [2.05, 4.69) is 34.6 Å². The molecule has 0 aromatic carbocycles. The maximum atomic E-state index is 5.62. The van der Waals surface area contributed by atoms with Crippen molar-refractivity contribution in [2.45, 2.75) is 53.6 Å². The Labute approximate surface area is 82.6 Å². The molecule has 0 atom stereocenters. The first-order chi connectivity index (χ1) is 5.77. The summed E-state index contributed by atoms with van der Waals surface area (Å²) in [5.41, 5.74) is 0.211. The molecule has 0 radical (unpaired) electrons. The van der Waals surface area contributed by atoms with Crippen LogP contribution in [0.4, 0.5) is 0 Å². The second kappa shape index (κ2) is 4.97. The van der Waals surface area contributed by atoms with E-state index in [1.807, 2.05) is 6.92 Å². The van der Waals surface area contributed by atoms with Crippen LogP contribution in [-0.4, -0.2) is 19.0 Å². The first kappa shape index (κ1) is 12.9. The third-order valence-corrected chi connectivity index (χ3v) is 1.69. The molecule has 0 saturated carbocycles. The lowest BCUT2D eigenvalue weighted by Crippen LogP contribution is -2.31.